The number of nitrogens with zero attached hydrogens (tertiary/aromatic N) is 3. The van der Waals surface area contributed by atoms with Gasteiger partial charge in [0.05, 0.1) is 19.9 Å². The molecule has 3 rings (SSSR count). The molecule has 1 atom stereocenters. The lowest BCUT2D eigenvalue weighted by Gasteiger charge is -2.13. The second kappa shape index (κ2) is 8.85. The van der Waals surface area contributed by atoms with Gasteiger partial charge < -0.3 is 9.47 Å². The summed E-state index contributed by atoms with van der Waals surface area (Å²) in [5.74, 6) is 2.05. The standard InChI is InChI=1S/C20H25N3O2S/c1-4-21-20-23(22-13-15-8-6-5-7-9-15)18(14-26-20)17-12-16(24-2)10-11-19(17)25-3/h5-6,10-15H,4,7-9H2,1-3H3. The van der Waals surface area contributed by atoms with E-state index >= 15 is 0 Å². The second-order valence-corrected chi connectivity index (χ2v) is 6.90. The van der Waals surface area contributed by atoms with E-state index < -0.39 is 0 Å². The highest BCUT2D eigenvalue weighted by atomic mass is 32.1. The third-order valence-corrected chi connectivity index (χ3v) is 5.22. The predicted octanol–water partition coefficient (Wildman–Crippen LogP) is 4.34. The van der Waals surface area contributed by atoms with Crippen LogP contribution in [0.1, 0.15) is 26.2 Å². The molecule has 0 N–H and O–H groups in total. The van der Waals surface area contributed by atoms with Crippen molar-refractivity contribution in [1.82, 2.24) is 4.68 Å². The van der Waals surface area contributed by atoms with Gasteiger partial charge in [-0.25, -0.2) is 4.68 Å². The Bertz CT molecular complexity index is 864. The Balaban J connectivity index is 2.07. The van der Waals surface area contributed by atoms with Gasteiger partial charge in [-0.3, -0.25) is 4.99 Å². The molecule has 1 aliphatic carbocycles. The van der Waals surface area contributed by atoms with Crippen LogP contribution in [0.4, 0.5) is 0 Å². The summed E-state index contributed by atoms with van der Waals surface area (Å²) in [6, 6.07) is 5.79. The Morgan fingerprint density at radius 1 is 1.27 bits per heavy atom. The van der Waals surface area contributed by atoms with Crippen LogP contribution in [0.2, 0.25) is 0 Å². The fourth-order valence-electron chi connectivity index (χ4n) is 2.97. The van der Waals surface area contributed by atoms with Crippen molar-refractivity contribution in [2.24, 2.45) is 16.0 Å². The number of hydrogen-bond acceptors (Lipinski definition) is 5. The summed E-state index contributed by atoms with van der Waals surface area (Å²) in [4.78, 5) is 5.48. The van der Waals surface area contributed by atoms with E-state index in [2.05, 4.69) is 28.7 Å². The van der Waals surface area contributed by atoms with Crippen LogP contribution in [0.25, 0.3) is 11.3 Å². The maximum absolute atomic E-state index is 5.56. The van der Waals surface area contributed by atoms with Crippen molar-refractivity contribution >= 4 is 17.6 Å². The van der Waals surface area contributed by atoms with E-state index in [0.29, 0.717) is 5.92 Å². The molecule has 138 valence electrons. The van der Waals surface area contributed by atoms with Crippen molar-refractivity contribution in [1.29, 1.82) is 0 Å². The van der Waals surface area contributed by atoms with Crippen LogP contribution in [0.5, 0.6) is 11.5 Å². The number of methoxy groups -OCH3 is 2. The average Bonchev–Trinajstić information content (AvgIpc) is 3.09. The maximum Gasteiger partial charge on any atom is 0.206 e. The predicted molar refractivity (Wildman–Crippen MR) is 107 cm³/mol. The first-order valence-electron chi connectivity index (χ1n) is 8.89. The first-order chi connectivity index (χ1) is 12.8. The van der Waals surface area contributed by atoms with Gasteiger partial charge in [-0.1, -0.05) is 12.2 Å². The van der Waals surface area contributed by atoms with Crippen molar-refractivity contribution in [2.45, 2.75) is 26.2 Å². The molecule has 0 saturated heterocycles. The SMILES string of the molecule is CCN=c1scc(-c2cc(OC)ccc2OC)n1N=CC1CC=CCC1. The van der Waals surface area contributed by atoms with Crippen LogP contribution in [-0.4, -0.2) is 31.7 Å². The van der Waals surface area contributed by atoms with E-state index in [-0.39, 0.29) is 0 Å². The fraction of sp³-hybridized carbons (Fsp3) is 0.400. The Morgan fingerprint density at radius 3 is 2.85 bits per heavy atom. The van der Waals surface area contributed by atoms with Crippen molar-refractivity contribution in [2.75, 3.05) is 20.8 Å². The first kappa shape index (κ1) is 18.5. The zero-order valence-electron chi connectivity index (χ0n) is 15.5. The summed E-state index contributed by atoms with van der Waals surface area (Å²) in [7, 11) is 3.34. The van der Waals surface area contributed by atoms with Gasteiger partial charge in [0.2, 0.25) is 4.80 Å². The summed E-state index contributed by atoms with van der Waals surface area (Å²) < 4.78 is 12.9. The van der Waals surface area contributed by atoms with Crippen LogP contribution in [-0.2, 0) is 0 Å². The summed E-state index contributed by atoms with van der Waals surface area (Å²) in [5, 5.41) is 6.87. The lowest BCUT2D eigenvalue weighted by atomic mass is 9.96. The van der Waals surface area contributed by atoms with Gasteiger partial charge in [0.25, 0.3) is 0 Å². The molecule has 0 radical (unpaired) electrons. The van der Waals surface area contributed by atoms with Crippen molar-refractivity contribution in [3.05, 3.63) is 40.5 Å². The molecule has 0 aliphatic heterocycles. The Morgan fingerprint density at radius 2 is 2.15 bits per heavy atom. The third kappa shape index (κ3) is 4.07. The summed E-state index contributed by atoms with van der Waals surface area (Å²) in [5.41, 5.74) is 1.90. The molecule has 0 fully saturated rings. The van der Waals surface area contributed by atoms with E-state index in [0.717, 1.165) is 53.4 Å². The number of allylic oxidation sites excluding steroid dienone is 2. The highest BCUT2D eigenvalue weighted by molar-refractivity contribution is 7.07. The van der Waals surface area contributed by atoms with Crippen LogP contribution in [0.15, 0.2) is 45.8 Å². The highest BCUT2D eigenvalue weighted by Crippen LogP contribution is 2.33. The molecular formula is C20H25N3O2S. The number of rotatable bonds is 6. The van der Waals surface area contributed by atoms with Crippen LogP contribution in [0, 0.1) is 5.92 Å². The lowest BCUT2D eigenvalue weighted by molar-refractivity contribution is 0.404. The molecule has 1 heterocycles. The van der Waals surface area contributed by atoms with Gasteiger partial charge >= 0.3 is 0 Å². The Labute approximate surface area is 158 Å². The molecule has 0 spiro atoms. The molecule has 6 heteroatoms. The molecular weight excluding hydrogens is 346 g/mol. The minimum absolute atomic E-state index is 0.474. The lowest BCUT2D eigenvalue weighted by Crippen LogP contribution is -2.14. The smallest absolute Gasteiger partial charge is 0.206 e. The zero-order valence-corrected chi connectivity index (χ0v) is 16.3. The molecule has 5 nitrogen and oxygen atoms in total. The molecule has 1 aliphatic rings. The first-order valence-corrected chi connectivity index (χ1v) is 9.77. The molecule has 0 amide bonds. The molecule has 1 aromatic heterocycles. The average molecular weight is 372 g/mol. The van der Waals surface area contributed by atoms with Crippen molar-refractivity contribution in [3.8, 4) is 22.8 Å². The molecule has 0 saturated carbocycles. The third-order valence-electron chi connectivity index (χ3n) is 4.36. The summed E-state index contributed by atoms with van der Waals surface area (Å²) >= 11 is 1.59. The van der Waals surface area contributed by atoms with Crippen LogP contribution < -0.4 is 14.3 Å². The van der Waals surface area contributed by atoms with Gasteiger partial charge in [-0.05, 0) is 50.3 Å². The largest absolute Gasteiger partial charge is 0.497 e. The van der Waals surface area contributed by atoms with Crippen molar-refractivity contribution in [3.63, 3.8) is 0 Å². The monoisotopic (exact) mass is 371 g/mol. The number of benzene rings is 1. The topological polar surface area (TPSA) is 48.1 Å². The molecule has 1 aromatic carbocycles. The second-order valence-electron chi connectivity index (χ2n) is 6.06. The minimum atomic E-state index is 0.474. The molecule has 0 bridgehead atoms. The van der Waals surface area contributed by atoms with E-state index in [9.17, 15) is 0 Å². The van der Waals surface area contributed by atoms with Crippen molar-refractivity contribution < 1.29 is 9.47 Å². The Hall–Kier alpha value is -2.34. The van der Waals surface area contributed by atoms with E-state index in [1.54, 1.807) is 25.6 Å². The van der Waals surface area contributed by atoms with E-state index in [1.807, 2.05) is 29.8 Å². The summed E-state index contributed by atoms with van der Waals surface area (Å²) in [6.07, 6.45) is 9.85. The van der Waals surface area contributed by atoms with Gasteiger partial charge in [0.1, 0.15) is 11.5 Å². The Kier molecular flexibility index (Phi) is 6.28. The number of ether oxygens (including phenoxy) is 2. The maximum atomic E-state index is 5.56. The van der Waals surface area contributed by atoms with Gasteiger partial charge in [0.15, 0.2) is 0 Å². The van der Waals surface area contributed by atoms with Gasteiger partial charge in [-0.15, -0.1) is 11.3 Å². The van der Waals surface area contributed by atoms with Crippen LogP contribution >= 0.6 is 11.3 Å². The number of thiazole rings is 1. The highest BCUT2D eigenvalue weighted by Gasteiger charge is 2.14. The minimum Gasteiger partial charge on any atom is -0.497 e. The molecule has 26 heavy (non-hydrogen) atoms. The summed E-state index contributed by atoms with van der Waals surface area (Å²) in [6.45, 7) is 2.75. The van der Waals surface area contributed by atoms with Gasteiger partial charge in [0, 0.05) is 23.7 Å². The normalized spacial score (nSPS) is 17.8. The van der Waals surface area contributed by atoms with Crippen LogP contribution in [0.3, 0.4) is 0 Å². The van der Waals surface area contributed by atoms with E-state index in [4.69, 9.17) is 14.6 Å². The zero-order chi connectivity index (χ0) is 18.4. The van der Waals surface area contributed by atoms with E-state index in [1.165, 1.54) is 0 Å². The molecule has 2 aromatic rings. The fourth-order valence-corrected chi connectivity index (χ4v) is 3.86. The quantitative estimate of drug-likeness (QED) is 0.560. The van der Waals surface area contributed by atoms with Gasteiger partial charge in [-0.2, -0.15) is 5.10 Å². The number of aromatic nitrogens is 1. The number of hydrogen-bond donors (Lipinski definition) is 0. The molecule has 1 unspecified atom stereocenters.